The maximum absolute atomic E-state index is 12.3. The number of rotatable bonds is 2. The smallest absolute Gasteiger partial charge is 0.255 e. The SMILES string of the molecule is Cc1[nH]c2ccc(C(=O)Nc3ccc(Br)cc3)cc2c1C. The predicted octanol–water partition coefficient (Wildman–Crippen LogP) is 4.80. The summed E-state index contributed by atoms with van der Waals surface area (Å²) >= 11 is 3.38. The second-order valence-electron chi connectivity index (χ2n) is 5.10. The number of H-pyrrole nitrogens is 1. The fourth-order valence-corrected chi connectivity index (χ4v) is 2.60. The highest BCUT2D eigenvalue weighted by molar-refractivity contribution is 9.10. The van der Waals surface area contributed by atoms with Gasteiger partial charge in [0.25, 0.3) is 5.91 Å². The molecule has 106 valence electrons. The summed E-state index contributed by atoms with van der Waals surface area (Å²) in [4.78, 5) is 15.6. The Morgan fingerprint density at radius 3 is 2.52 bits per heavy atom. The van der Waals surface area contributed by atoms with Crippen molar-refractivity contribution >= 4 is 38.4 Å². The number of carbonyl (C=O) groups is 1. The Kier molecular flexibility index (Phi) is 3.55. The Morgan fingerprint density at radius 1 is 1.10 bits per heavy atom. The number of hydrogen-bond donors (Lipinski definition) is 2. The lowest BCUT2D eigenvalue weighted by Gasteiger charge is -2.06. The van der Waals surface area contributed by atoms with Gasteiger partial charge in [0.15, 0.2) is 0 Å². The van der Waals surface area contributed by atoms with Crippen molar-refractivity contribution in [3.05, 3.63) is 63.8 Å². The van der Waals surface area contributed by atoms with Crippen molar-refractivity contribution < 1.29 is 4.79 Å². The molecule has 0 unspecified atom stereocenters. The van der Waals surface area contributed by atoms with Gasteiger partial charge in [-0.2, -0.15) is 0 Å². The molecule has 21 heavy (non-hydrogen) atoms. The lowest BCUT2D eigenvalue weighted by molar-refractivity contribution is 0.102. The molecule has 0 saturated carbocycles. The minimum atomic E-state index is -0.0996. The van der Waals surface area contributed by atoms with E-state index in [1.807, 2.05) is 49.4 Å². The van der Waals surface area contributed by atoms with Crippen LogP contribution in [-0.2, 0) is 0 Å². The summed E-state index contributed by atoms with van der Waals surface area (Å²) in [6.45, 7) is 4.10. The van der Waals surface area contributed by atoms with E-state index in [9.17, 15) is 4.79 Å². The Bertz CT molecular complexity index is 819. The molecule has 4 heteroatoms. The van der Waals surface area contributed by atoms with Gasteiger partial charge in [0.05, 0.1) is 0 Å². The number of hydrogen-bond acceptors (Lipinski definition) is 1. The van der Waals surface area contributed by atoms with E-state index in [-0.39, 0.29) is 5.91 Å². The third kappa shape index (κ3) is 2.72. The zero-order chi connectivity index (χ0) is 15.0. The summed E-state index contributed by atoms with van der Waals surface area (Å²) in [5.74, 6) is -0.0996. The molecular weight excluding hydrogens is 328 g/mol. The molecule has 0 atom stereocenters. The highest BCUT2D eigenvalue weighted by Crippen LogP contribution is 2.23. The van der Waals surface area contributed by atoms with Gasteiger partial charge < -0.3 is 10.3 Å². The number of amides is 1. The highest BCUT2D eigenvalue weighted by atomic mass is 79.9. The van der Waals surface area contributed by atoms with Gasteiger partial charge in [0, 0.05) is 32.3 Å². The van der Waals surface area contributed by atoms with E-state index >= 15 is 0 Å². The van der Waals surface area contributed by atoms with Crippen LogP contribution >= 0.6 is 15.9 Å². The fourth-order valence-electron chi connectivity index (χ4n) is 2.34. The molecule has 3 aromatic rings. The van der Waals surface area contributed by atoms with E-state index in [2.05, 4.69) is 33.2 Å². The third-order valence-electron chi connectivity index (χ3n) is 3.67. The maximum Gasteiger partial charge on any atom is 0.255 e. The number of anilines is 1. The van der Waals surface area contributed by atoms with Crippen LogP contribution in [0.4, 0.5) is 5.69 Å². The van der Waals surface area contributed by atoms with Crippen molar-refractivity contribution in [2.24, 2.45) is 0 Å². The molecule has 1 heterocycles. The summed E-state index contributed by atoms with van der Waals surface area (Å²) in [5.41, 5.74) is 4.82. The topological polar surface area (TPSA) is 44.9 Å². The normalized spacial score (nSPS) is 10.8. The molecule has 3 nitrogen and oxygen atoms in total. The van der Waals surface area contributed by atoms with Crippen LogP contribution in [0.1, 0.15) is 21.6 Å². The van der Waals surface area contributed by atoms with Crippen molar-refractivity contribution in [2.75, 3.05) is 5.32 Å². The third-order valence-corrected chi connectivity index (χ3v) is 4.20. The van der Waals surface area contributed by atoms with Crippen molar-refractivity contribution in [3.8, 4) is 0 Å². The van der Waals surface area contributed by atoms with E-state index in [1.54, 1.807) is 0 Å². The Labute approximate surface area is 131 Å². The van der Waals surface area contributed by atoms with Crippen LogP contribution in [-0.4, -0.2) is 10.9 Å². The second kappa shape index (κ2) is 5.37. The van der Waals surface area contributed by atoms with Crippen molar-refractivity contribution in [1.82, 2.24) is 4.98 Å². The zero-order valence-electron chi connectivity index (χ0n) is 11.8. The van der Waals surface area contributed by atoms with Crippen LogP contribution in [0, 0.1) is 13.8 Å². The standard InChI is InChI=1S/C17H15BrN2O/c1-10-11(2)19-16-8-3-12(9-15(10)16)17(21)20-14-6-4-13(18)5-7-14/h3-9,19H,1-2H3,(H,20,21). The van der Waals surface area contributed by atoms with Gasteiger partial charge in [0.1, 0.15) is 0 Å². The average Bonchev–Trinajstić information content (AvgIpc) is 2.76. The highest BCUT2D eigenvalue weighted by Gasteiger charge is 2.10. The summed E-state index contributed by atoms with van der Waals surface area (Å²) < 4.78 is 0.986. The van der Waals surface area contributed by atoms with Crippen LogP contribution in [0.2, 0.25) is 0 Å². The molecule has 0 saturated heterocycles. The van der Waals surface area contributed by atoms with E-state index < -0.39 is 0 Å². The minimum absolute atomic E-state index is 0.0996. The number of aromatic amines is 1. The summed E-state index contributed by atoms with van der Waals surface area (Å²) in [6, 6.07) is 13.3. The quantitative estimate of drug-likeness (QED) is 0.690. The van der Waals surface area contributed by atoms with Crippen molar-refractivity contribution in [3.63, 3.8) is 0 Å². The van der Waals surface area contributed by atoms with Crippen LogP contribution in [0.5, 0.6) is 0 Å². The van der Waals surface area contributed by atoms with E-state index in [0.29, 0.717) is 5.56 Å². The van der Waals surface area contributed by atoms with Gasteiger partial charge in [-0.15, -0.1) is 0 Å². The molecule has 0 bridgehead atoms. The Morgan fingerprint density at radius 2 is 1.81 bits per heavy atom. The number of nitrogens with one attached hydrogen (secondary N) is 2. The first kappa shape index (κ1) is 13.9. The number of benzene rings is 2. The Balaban J connectivity index is 1.90. The lowest BCUT2D eigenvalue weighted by atomic mass is 10.1. The average molecular weight is 343 g/mol. The van der Waals surface area contributed by atoms with Gasteiger partial charge >= 0.3 is 0 Å². The van der Waals surface area contributed by atoms with Crippen LogP contribution in [0.15, 0.2) is 46.9 Å². The molecule has 0 radical (unpaired) electrons. The number of fused-ring (bicyclic) bond motifs is 1. The molecule has 3 rings (SSSR count). The molecule has 0 fully saturated rings. The molecule has 0 aliphatic heterocycles. The van der Waals surface area contributed by atoms with E-state index in [4.69, 9.17) is 0 Å². The van der Waals surface area contributed by atoms with Gasteiger partial charge in [-0.05, 0) is 61.9 Å². The van der Waals surface area contributed by atoms with E-state index in [1.165, 1.54) is 5.56 Å². The minimum Gasteiger partial charge on any atom is -0.358 e. The van der Waals surface area contributed by atoms with Crippen molar-refractivity contribution in [2.45, 2.75) is 13.8 Å². The first-order chi connectivity index (χ1) is 10.0. The summed E-state index contributed by atoms with van der Waals surface area (Å²) in [7, 11) is 0. The van der Waals surface area contributed by atoms with Crippen LogP contribution in [0.3, 0.4) is 0 Å². The number of halogens is 1. The monoisotopic (exact) mass is 342 g/mol. The maximum atomic E-state index is 12.3. The molecule has 2 aromatic carbocycles. The molecule has 1 aromatic heterocycles. The van der Waals surface area contributed by atoms with Crippen LogP contribution < -0.4 is 5.32 Å². The molecular formula is C17H15BrN2O. The number of aromatic nitrogens is 1. The number of aryl methyl sites for hydroxylation is 2. The zero-order valence-corrected chi connectivity index (χ0v) is 13.4. The fraction of sp³-hybridized carbons (Fsp3) is 0.118. The van der Waals surface area contributed by atoms with E-state index in [0.717, 1.165) is 26.8 Å². The van der Waals surface area contributed by atoms with Crippen LogP contribution in [0.25, 0.3) is 10.9 Å². The Hall–Kier alpha value is -2.07. The first-order valence-corrected chi connectivity index (χ1v) is 7.50. The van der Waals surface area contributed by atoms with Crippen molar-refractivity contribution in [1.29, 1.82) is 0 Å². The molecule has 0 spiro atoms. The predicted molar refractivity (Wildman–Crippen MR) is 89.9 cm³/mol. The van der Waals surface area contributed by atoms with Gasteiger partial charge in [-0.25, -0.2) is 0 Å². The second-order valence-corrected chi connectivity index (χ2v) is 6.01. The summed E-state index contributed by atoms with van der Waals surface area (Å²) in [5, 5.41) is 4.00. The summed E-state index contributed by atoms with van der Waals surface area (Å²) in [6.07, 6.45) is 0. The molecule has 0 aliphatic rings. The molecule has 2 N–H and O–H groups in total. The molecule has 0 aliphatic carbocycles. The molecule has 1 amide bonds. The van der Waals surface area contributed by atoms with Gasteiger partial charge in [0.2, 0.25) is 0 Å². The lowest BCUT2D eigenvalue weighted by Crippen LogP contribution is -2.11. The number of carbonyl (C=O) groups excluding carboxylic acids is 1. The van der Waals surface area contributed by atoms with Gasteiger partial charge in [-0.1, -0.05) is 15.9 Å². The van der Waals surface area contributed by atoms with Gasteiger partial charge in [-0.3, -0.25) is 4.79 Å². The largest absolute Gasteiger partial charge is 0.358 e. The first-order valence-electron chi connectivity index (χ1n) is 6.70.